The average Bonchev–Trinajstić information content (AvgIpc) is 2.43. The number of anilines is 1. The quantitative estimate of drug-likeness (QED) is 0.888. The van der Waals surface area contributed by atoms with Crippen LogP contribution in [0.3, 0.4) is 0 Å². The van der Waals surface area contributed by atoms with Crippen LogP contribution in [0.25, 0.3) is 0 Å². The highest BCUT2D eigenvalue weighted by molar-refractivity contribution is 5.58. The molecule has 20 heavy (non-hydrogen) atoms. The van der Waals surface area contributed by atoms with Gasteiger partial charge in [-0.2, -0.15) is 0 Å². The molecule has 0 radical (unpaired) electrons. The summed E-state index contributed by atoms with van der Waals surface area (Å²) in [5.41, 5.74) is 2.45. The lowest BCUT2D eigenvalue weighted by atomic mass is 9.54. The van der Waals surface area contributed by atoms with Gasteiger partial charge >= 0.3 is 0 Å². The SMILES string of the molecule is COc1cc(C)ccc1NC1C2CC3CC(C2)CC1C3. The Hall–Kier alpha value is -1.18. The van der Waals surface area contributed by atoms with E-state index in [9.17, 15) is 0 Å². The lowest BCUT2D eigenvalue weighted by Gasteiger charge is -2.54. The average molecular weight is 271 g/mol. The van der Waals surface area contributed by atoms with Gasteiger partial charge in [0.25, 0.3) is 0 Å². The number of benzene rings is 1. The zero-order valence-corrected chi connectivity index (χ0v) is 12.6. The van der Waals surface area contributed by atoms with Crippen LogP contribution in [0.4, 0.5) is 5.69 Å². The van der Waals surface area contributed by atoms with Gasteiger partial charge in [-0.25, -0.2) is 0 Å². The maximum absolute atomic E-state index is 5.56. The van der Waals surface area contributed by atoms with Crippen LogP contribution in [0.15, 0.2) is 18.2 Å². The molecule has 0 spiro atoms. The molecule has 4 bridgehead atoms. The number of aryl methyl sites for hydroxylation is 1. The summed E-state index contributed by atoms with van der Waals surface area (Å²) in [5.74, 6) is 4.87. The van der Waals surface area contributed by atoms with Crippen molar-refractivity contribution in [2.75, 3.05) is 12.4 Å². The Morgan fingerprint density at radius 3 is 2.25 bits per heavy atom. The molecule has 4 aliphatic carbocycles. The van der Waals surface area contributed by atoms with E-state index in [4.69, 9.17) is 4.74 Å². The Morgan fingerprint density at radius 1 is 1.00 bits per heavy atom. The van der Waals surface area contributed by atoms with Crippen molar-refractivity contribution in [1.29, 1.82) is 0 Å². The third-order valence-electron chi connectivity index (χ3n) is 5.91. The fourth-order valence-corrected chi connectivity index (χ4v) is 5.26. The summed E-state index contributed by atoms with van der Waals surface area (Å²) < 4.78 is 5.56. The van der Waals surface area contributed by atoms with Gasteiger partial charge in [0.15, 0.2) is 0 Å². The topological polar surface area (TPSA) is 21.3 Å². The van der Waals surface area contributed by atoms with Gasteiger partial charge in [0.2, 0.25) is 0 Å². The molecule has 0 saturated heterocycles. The predicted molar refractivity (Wildman–Crippen MR) is 82.2 cm³/mol. The van der Waals surface area contributed by atoms with E-state index in [0.717, 1.165) is 29.4 Å². The van der Waals surface area contributed by atoms with E-state index in [-0.39, 0.29) is 0 Å². The second-order valence-electron chi connectivity index (χ2n) is 7.30. The molecule has 0 heterocycles. The molecule has 4 saturated carbocycles. The van der Waals surface area contributed by atoms with Crippen molar-refractivity contribution in [1.82, 2.24) is 0 Å². The minimum atomic E-state index is 0.680. The van der Waals surface area contributed by atoms with Crippen LogP contribution >= 0.6 is 0 Å². The Morgan fingerprint density at radius 2 is 1.65 bits per heavy atom. The highest BCUT2D eigenvalue weighted by Gasteiger charge is 2.48. The van der Waals surface area contributed by atoms with E-state index >= 15 is 0 Å². The van der Waals surface area contributed by atoms with Crippen LogP contribution in [0.1, 0.15) is 37.7 Å². The molecule has 1 N–H and O–H groups in total. The first-order valence-electron chi connectivity index (χ1n) is 8.14. The van der Waals surface area contributed by atoms with Gasteiger partial charge in [0.05, 0.1) is 12.8 Å². The van der Waals surface area contributed by atoms with Crippen LogP contribution in [-0.2, 0) is 0 Å². The molecule has 4 aliphatic rings. The number of nitrogens with one attached hydrogen (secondary N) is 1. The van der Waals surface area contributed by atoms with E-state index < -0.39 is 0 Å². The van der Waals surface area contributed by atoms with Crippen molar-refractivity contribution >= 4 is 5.69 Å². The highest BCUT2D eigenvalue weighted by Crippen LogP contribution is 2.54. The minimum Gasteiger partial charge on any atom is -0.495 e. The fraction of sp³-hybridized carbons (Fsp3) is 0.667. The van der Waals surface area contributed by atoms with Gasteiger partial charge in [0, 0.05) is 6.04 Å². The highest BCUT2D eigenvalue weighted by atomic mass is 16.5. The zero-order chi connectivity index (χ0) is 13.7. The van der Waals surface area contributed by atoms with Gasteiger partial charge in [-0.3, -0.25) is 0 Å². The molecular formula is C18H25NO. The van der Waals surface area contributed by atoms with E-state index in [1.807, 2.05) is 0 Å². The van der Waals surface area contributed by atoms with Crippen LogP contribution < -0.4 is 10.1 Å². The van der Waals surface area contributed by atoms with Gasteiger partial charge in [-0.15, -0.1) is 0 Å². The first-order valence-corrected chi connectivity index (χ1v) is 8.14. The van der Waals surface area contributed by atoms with Gasteiger partial charge in [-0.05, 0) is 80.4 Å². The number of hydrogen-bond donors (Lipinski definition) is 1. The third-order valence-corrected chi connectivity index (χ3v) is 5.91. The molecule has 5 rings (SSSR count). The van der Waals surface area contributed by atoms with Gasteiger partial charge in [-0.1, -0.05) is 6.07 Å². The minimum absolute atomic E-state index is 0.680. The van der Waals surface area contributed by atoms with E-state index in [1.165, 1.54) is 43.4 Å². The maximum Gasteiger partial charge on any atom is 0.142 e. The largest absolute Gasteiger partial charge is 0.495 e. The van der Waals surface area contributed by atoms with Crippen LogP contribution in [0.5, 0.6) is 5.75 Å². The molecule has 1 aromatic rings. The molecular weight excluding hydrogens is 246 g/mol. The third kappa shape index (κ3) is 2.01. The number of ether oxygens (including phenoxy) is 1. The van der Waals surface area contributed by atoms with Gasteiger partial charge < -0.3 is 10.1 Å². The number of methoxy groups -OCH3 is 1. The lowest BCUT2D eigenvalue weighted by molar-refractivity contribution is 0.00748. The molecule has 0 atom stereocenters. The van der Waals surface area contributed by atoms with Crippen molar-refractivity contribution in [3.05, 3.63) is 23.8 Å². The summed E-state index contributed by atoms with van der Waals surface area (Å²) in [7, 11) is 1.77. The Bertz CT molecular complexity index is 482. The van der Waals surface area contributed by atoms with E-state index in [0.29, 0.717) is 6.04 Å². The molecule has 1 aromatic carbocycles. The number of rotatable bonds is 3. The summed E-state index contributed by atoms with van der Waals surface area (Å²) in [6, 6.07) is 7.19. The van der Waals surface area contributed by atoms with Crippen molar-refractivity contribution in [2.24, 2.45) is 23.7 Å². The summed E-state index contributed by atoms with van der Waals surface area (Å²) in [4.78, 5) is 0. The van der Waals surface area contributed by atoms with Crippen LogP contribution in [0, 0.1) is 30.6 Å². The molecule has 108 valence electrons. The van der Waals surface area contributed by atoms with Crippen LogP contribution in [-0.4, -0.2) is 13.2 Å². The van der Waals surface area contributed by atoms with E-state index in [1.54, 1.807) is 7.11 Å². The smallest absolute Gasteiger partial charge is 0.142 e. The Labute approximate surface area is 121 Å². The zero-order valence-electron chi connectivity index (χ0n) is 12.6. The molecule has 4 fully saturated rings. The fourth-order valence-electron chi connectivity index (χ4n) is 5.26. The molecule has 2 heteroatoms. The summed E-state index contributed by atoms with van der Waals surface area (Å²) in [5, 5.41) is 3.85. The molecule has 0 unspecified atom stereocenters. The monoisotopic (exact) mass is 271 g/mol. The van der Waals surface area contributed by atoms with Crippen molar-refractivity contribution in [3.63, 3.8) is 0 Å². The molecule has 2 nitrogen and oxygen atoms in total. The maximum atomic E-state index is 5.56. The van der Waals surface area contributed by atoms with Crippen LogP contribution in [0.2, 0.25) is 0 Å². The summed E-state index contributed by atoms with van der Waals surface area (Å²) in [6.07, 6.45) is 7.35. The first kappa shape index (κ1) is 12.6. The summed E-state index contributed by atoms with van der Waals surface area (Å²) >= 11 is 0. The second-order valence-corrected chi connectivity index (χ2v) is 7.30. The summed E-state index contributed by atoms with van der Waals surface area (Å²) in [6.45, 7) is 2.12. The lowest BCUT2D eigenvalue weighted by Crippen LogP contribution is -2.51. The second kappa shape index (κ2) is 4.68. The molecule has 0 aliphatic heterocycles. The number of hydrogen-bond acceptors (Lipinski definition) is 2. The Balaban J connectivity index is 1.57. The Kier molecular flexibility index (Phi) is 2.94. The normalized spacial score (nSPS) is 38.0. The van der Waals surface area contributed by atoms with Crippen molar-refractivity contribution in [3.8, 4) is 5.75 Å². The molecule has 0 amide bonds. The van der Waals surface area contributed by atoms with Gasteiger partial charge in [0.1, 0.15) is 5.75 Å². The molecule has 0 aromatic heterocycles. The standard InChI is InChI=1S/C18H25NO/c1-11-3-4-16(17(5-11)20-2)19-18-14-7-12-6-13(9-14)10-15(18)8-12/h3-5,12-15,18-19H,6-10H2,1-2H3. The first-order chi connectivity index (χ1) is 9.72. The van der Waals surface area contributed by atoms with Crippen molar-refractivity contribution in [2.45, 2.75) is 45.1 Å². The van der Waals surface area contributed by atoms with E-state index in [2.05, 4.69) is 30.4 Å². The van der Waals surface area contributed by atoms with Crippen molar-refractivity contribution < 1.29 is 4.74 Å². The predicted octanol–water partition coefficient (Wildman–Crippen LogP) is 4.24.